The topological polar surface area (TPSA) is 29.1 Å². The van der Waals surface area contributed by atoms with E-state index in [0.29, 0.717) is 11.8 Å². The molecule has 2 aromatic rings. The van der Waals surface area contributed by atoms with Crippen molar-refractivity contribution in [3.05, 3.63) is 83.9 Å². The van der Waals surface area contributed by atoms with Crippen molar-refractivity contribution in [1.82, 2.24) is 5.32 Å². The molecule has 112 valence electrons. The van der Waals surface area contributed by atoms with Gasteiger partial charge in [-0.05, 0) is 47.9 Å². The highest BCUT2D eigenvalue weighted by molar-refractivity contribution is 5.87. The average molecular weight is 291 g/mol. The third-order valence-corrected chi connectivity index (χ3v) is 4.50. The fourth-order valence-electron chi connectivity index (χ4n) is 3.23. The van der Waals surface area contributed by atoms with E-state index in [-0.39, 0.29) is 11.9 Å². The number of hydrogen-bond acceptors (Lipinski definition) is 1. The summed E-state index contributed by atoms with van der Waals surface area (Å²) in [5.74, 6) is 0.871. The molecule has 22 heavy (non-hydrogen) atoms. The maximum atomic E-state index is 11.9. The molecule has 1 N–H and O–H groups in total. The van der Waals surface area contributed by atoms with Gasteiger partial charge in [0, 0.05) is 0 Å². The number of aryl methyl sites for hydroxylation is 1. The molecule has 0 aliphatic heterocycles. The molecule has 3 rings (SSSR count). The third kappa shape index (κ3) is 2.96. The Kier molecular flexibility index (Phi) is 4.10. The molecule has 0 aromatic heterocycles. The standard InChI is InChI=1S/C20H21NO/c1-3-19(22)21-20(16-12-8-7-9-14(16)2)18-13-17(18)15-10-5-4-6-11-15/h3-12,17-18,20H,1,13H2,2H3,(H,21,22). The van der Waals surface area contributed by atoms with Gasteiger partial charge in [0.15, 0.2) is 0 Å². The van der Waals surface area contributed by atoms with Crippen molar-refractivity contribution in [3.63, 3.8) is 0 Å². The Labute approximate surface area is 131 Å². The monoisotopic (exact) mass is 291 g/mol. The number of carbonyl (C=O) groups excluding carboxylic acids is 1. The smallest absolute Gasteiger partial charge is 0.243 e. The second-order valence-corrected chi connectivity index (χ2v) is 5.96. The highest BCUT2D eigenvalue weighted by Crippen LogP contribution is 2.54. The minimum atomic E-state index is -0.105. The molecule has 1 aliphatic carbocycles. The Morgan fingerprint density at radius 1 is 1.18 bits per heavy atom. The van der Waals surface area contributed by atoms with E-state index >= 15 is 0 Å². The first-order chi connectivity index (χ1) is 10.7. The van der Waals surface area contributed by atoms with Crippen molar-refractivity contribution in [2.75, 3.05) is 0 Å². The van der Waals surface area contributed by atoms with Gasteiger partial charge in [-0.3, -0.25) is 4.79 Å². The molecule has 2 aromatic carbocycles. The van der Waals surface area contributed by atoms with Crippen molar-refractivity contribution < 1.29 is 4.79 Å². The van der Waals surface area contributed by atoms with Gasteiger partial charge in [-0.2, -0.15) is 0 Å². The summed E-state index contributed by atoms with van der Waals surface area (Å²) in [5, 5.41) is 3.13. The number of carbonyl (C=O) groups is 1. The largest absolute Gasteiger partial charge is 0.345 e. The summed E-state index contributed by atoms with van der Waals surface area (Å²) in [4.78, 5) is 11.9. The molecule has 1 saturated carbocycles. The second kappa shape index (κ2) is 6.18. The van der Waals surface area contributed by atoms with Crippen LogP contribution >= 0.6 is 0 Å². The van der Waals surface area contributed by atoms with Crippen LogP contribution in [0.25, 0.3) is 0 Å². The quantitative estimate of drug-likeness (QED) is 0.824. The zero-order valence-electron chi connectivity index (χ0n) is 12.8. The lowest BCUT2D eigenvalue weighted by Gasteiger charge is -2.21. The number of amides is 1. The summed E-state index contributed by atoms with van der Waals surface area (Å²) in [6, 6.07) is 18.9. The third-order valence-electron chi connectivity index (χ3n) is 4.50. The maximum absolute atomic E-state index is 11.9. The first-order valence-corrected chi connectivity index (χ1v) is 7.74. The van der Waals surface area contributed by atoms with Crippen molar-refractivity contribution in [2.45, 2.75) is 25.3 Å². The van der Waals surface area contributed by atoms with Gasteiger partial charge in [0.2, 0.25) is 5.91 Å². The normalized spacial score (nSPS) is 21.0. The predicted octanol–water partition coefficient (Wildman–Crippen LogP) is 4.14. The summed E-state index contributed by atoms with van der Waals surface area (Å²) < 4.78 is 0. The van der Waals surface area contributed by atoms with Crippen LogP contribution in [-0.4, -0.2) is 5.91 Å². The van der Waals surface area contributed by atoms with Crippen molar-refractivity contribution in [2.24, 2.45) is 5.92 Å². The number of hydrogen-bond donors (Lipinski definition) is 1. The molecule has 0 radical (unpaired) electrons. The summed E-state index contributed by atoms with van der Waals surface area (Å²) >= 11 is 0. The van der Waals surface area contributed by atoms with E-state index < -0.39 is 0 Å². The Balaban J connectivity index is 1.86. The minimum absolute atomic E-state index is 0.0527. The van der Waals surface area contributed by atoms with Crippen LogP contribution in [0.3, 0.4) is 0 Å². The molecule has 0 spiro atoms. The Hall–Kier alpha value is -2.35. The lowest BCUT2D eigenvalue weighted by molar-refractivity contribution is -0.117. The highest BCUT2D eigenvalue weighted by atomic mass is 16.1. The molecule has 1 aliphatic rings. The highest BCUT2D eigenvalue weighted by Gasteiger charge is 2.45. The van der Waals surface area contributed by atoms with Crippen LogP contribution in [0.4, 0.5) is 0 Å². The van der Waals surface area contributed by atoms with E-state index in [2.05, 4.69) is 55.2 Å². The van der Waals surface area contributed by atoms with Gasteiger partial charge in [0.1, 0.15) is 0 Å². The molecule has 0 heterocycles. The van der Waals surface area contributed by atoms with E-state index in [1.807, 2.05) is 18.2 Å². The van der Waals surface area contributed by atoms with E-state index in [4.69, 9.17) is 0 Å². The zero-order chi connectivity index (χ0) is 15.5. The molecule has 1 fully saturated rings. The summed E-state index contributed by atoms with van der Waals surface area (Å²) in [6.45, 7) is 5.67. The van der Waals surface area contributed by atoms with Crippen LogP contribution in [0.2, 0.25) is 0 Å². The molecule has 0 saturated heterocycles. The SMILES string of the molecule is C=CC(=O)NC(c1ccccc1C)C1CC1c1ccccc1. The first-order valence-electron chi connectivity index (χ1n) is 7.74. The summed E-state index contributed by atoms with van der Waals surface area (Å²) in [6.07, 6.45) is 2.46. The van der Waals surface area contributed by atoms with Crippen LogP contribution < -0.4 is 5.32 Å². The Morgan fingerprint density at radius 2 is 1.86 bits per heavy atom. The fraction of sp³-hybridized carbons (Fsp3) is 0.250. The van der Waals surface area contributed by atoms with E-state index in [9.17, 15) is 4.79 Å². The van der Waals surface area contributed by atoms with Gasteiger partial charge in [-0.15, -0.1) is 0 Å². The molecule has 1 amide bonds. The fourth-order valence-corrected chi connectivity index (χ4v) is 3.23. The molecule has 2 nitrogen and oxygen atoms in total. The van der Waals surface area contributed by atoms with Gasteiger partial charge in [0.05, 0.1) is 6.04 Å². The van der Waals surface area contributed by atoms with Gasteiger partial charge >= 0.3 is 0 Å². The molecular weight excluding hydrogens is 270 g/mol. The number of rotatable bonds is 5. The Bertz CT molecular complexity index is 677. The van der Waals surface area contributed by atoms with Gasteiger partial charge in [0.25, 0.3) is 0 Å². The lowest BCUT2D eigenvalue weighted by atomic mass is 9.95. The molecule has 2 heteroatoms. The summed E-state index contributed by atoms with van der Waals surface area (Å²) in [7, 11) is 0. The van der Waals surface area contributed by atoms with E-state index in [1.165, 1.54) is 22.8 Å². The van der Waals surface area contributed by atoms with E-state index in [0.717, 1.165) is 6.42 Å². The first kappa shape index (κ1) is 14.6. The minimum Gasteiger partial charge on any atom is -0.345 e. The van der Waals surface area contributed by atoms with Gasteiger partial charge in [-0.1, -0.05) is 61.2 Å². The van der Waals surface area contributed by atoms with Crippen LogP contribution in [0.15, 0.2) is 67.3 Å². The molecule has 3 unspecified atom stereocenters. The van der Waals surface area contributed by atoms with Crippen LogP contribution in [-0.2, 0) is 4.79 Å². The number of nitrogens with one attached hydrogen (secondary N) is 1. The lowest BCUT2D eigenvalue weighted by Crippen LogP contribution is -2.29. The molecule has 3 atom stereocenters. The van der Waals surface area contributed by atoms with Crippen molar-refractivity contribution in [3.8, 4) is 0 Å². The van der Waals surface area contributed by atoms with Crippen molar-refractivity contribution >= 4 is 5.91 Å². The van der Waals surface area contributed by atoms with Gasteiger partial charge < -0.3 is 5.32 Å². The zero-order valence-corrected chi connectivity index (χ0v) is 12.8. The number of benzene rings is 2. The predicted molar refractivity (Wildman–Crippen MR) is 89.5 cm³/mol. The van der Waals surface area contributed by atoms with Crippen LogP contribution in [0, 0.1) is 12.8 Å². The molecule has 0 bridgehead atoms. The second-order valence-electron chi connectivity index (χ2n) is 5.96. The average Bonchev–Trinajstić information content (AvgIpc) is 3.34. The van der Waals surface area contributed by atoms with Crippen molar-refractivity contribution in [1.29, 1.82) is 0 Å². The molecular formula is C20H21NO. The van der Waals surface area contributed by atoms with E-state index in [1.54, 1.807) is 0 Å². The summed E-state index contributed by atoms with van der Waals surface area (Å²) in [5.41, 5.74) is 3.79. The maximum Gasteiger partial charge on any atom is 0.243 e. The van der Waals surface area contributed by atoms with Crippen LogP contribution in [0.1, 0.15) is 35.1 Å². The Morgan fingerprint density at radius 3 is 2.55 bits per heavy atom. The van der Waals surface area contributed by atoms with Gasteiger partial charge in [-0.25, -0.2) is 0 Å². The van der Waals surface area contributed by atoms with Crippen LogP contribution in [0.5, 0.6) is 0 Å².